The number of nitrogens with zero attached hydrogens (tertiary/aromatic N) is 5. The van der Waals surface area contributed by atoms with Crippen LogP contribution in [-0.4, -0.2) is 44.7 Å². The molecule has 0 saturated carbocycles. The molecule has 0 spiro atoms. The van der Waals surface area contributed by atoms with Crippen LogP contribution in [0.2, 0.25) is 0 Å². The lowest BCUT2D eigenvalue weighted by Gasteiger charge is -2.21. The van der Waals surface area contributed by atoms with Crippen molar-refractivity contribution in [1.82, 2.24) is 30.0 Å². The minimum atomic E-state index is 0.625. The molecule has 0 fully saturated rings. The van der Waals surface area contributed by atoms with Gasteiger partial charge in [-0.3, -0.25) is 4.99 Å². The summed E-state index contributed by atoms with van der Waals surface area (Å²) in [5.41, 5.74) is 4.32. The summed E-state index contributed by atoms with van der Waals surface area (Å²) in [6.07, 6.45) is 5.58. The monoisotopic (exact) mass is 399 g/mol. The number of aromatic amines is 1. The molecule has 7 nitrogen and oxygen atoms in total. The van der Waals surface area contributed by atoms with Gasteiger partial charge in [-0.2, -0.15) is 5.10 Å². The molecule has 2 aromatic heterocycles. The average molecular weight is 400 g/mol. The number of hydrogen-bond donors (Lipinski definition) is 2. The molecule has 30 heavy (non-hydrogen) atoms. The first kappa shape index (κ1) is 19.4. The van der Waals surface area contributed by atoms with E-state index in [-0.39, 0.29) is 0 Å². The Labute approximate surface area is 176 Å². The third-order valence-corrected chi connectivity index (χ3v) is 4.80. The fraction of sp³-hybridized carbons (Fsp3) is 0.174. The van der Waals surface area contributed by atoms with Gasteiger partial charge in [-0.25, -0.2) is 9.67 Å². The molecule has 0 unspecified atom stereocenters. The summed E-state index contributed by atoms with van der Waals surface area (Å²) >= 11 is 0. The van der Waals surface area contributed by atoms with E-state index >= 15 is 0 Å². The highest BCUT2D eigenvalue weighted by atomic mass is 15.3. The van der Waals surface area contributed by atoms with Crippen LogP contribution in [-0.2, 0) is 13.1 Å². The highest BCUT2D eigenvalue weighted by Gasteiger charge is 2.10. The molecule has 2 heterocycles. The van der Waals surface area contributed by atoms with Crippen molar-refractivity contribution < 1.29 is 0 Å². The first-order chi connectivity index (χ1) is 14.7. The number of benzene rings is 2. The number of imidazole rings is 1. The first-order valence-electron chi connectivity index (χ1n) is 9.83. The molecule has 4 aromatic rings. The zero-order valence-electron chi connectivity index (χ0n) is 17.2. The lowest BCUT2D eigenvalue weighted by atomic mass is 10.2. The summed E-state index contributed by atoms with van der Waals surface area (Å²) in [5, 5.41) is 7.71. The third kappa shape index (κ3) is 4.57. The second-order valence-electron chi connectivity index (χ2n) is 6.99. The molecule has 0 aliphatic heterocycles. The molecule has 0 saturated heterocycles. The normalized spacial score (nSPS) is 11.5. The molecular formula is C23H25N7. The van der Waals surface area contributed by atoms with Crippen LogP contribution in [0.4, 0.5) is 0 Å². The second-order valence-corrected chi connectivity index (χ2v) is 6.99. The molecule has 2 aromatic carbocycles. The molecule has 0 atom stereocenters. The van der Waals surface area contributed by atoms with Gasteiger partial charge in [0, 0.05) is 33.0 Å². The fourth-order valence-electron chi connectivity index (χ4n) is 3.30. The number of hydrogen-bond acceptors (Lipinski definition) is 3. The highest BCUT2D eigenvalue weighted by Crippen LogP contribution is 2.16. The molecule has 152 valence electrons. The summed E-state index contributed by atoms with van der Waals surface area (Å²) in [5.74, 6) is 1.69. The zero-order chi connectivity index (χ0) is 20.8. The number of aliphatic imine (C=N–C) groups is 1. The van der Waals surface area contributed by atoms with E-state index in [0.717, 1.165) is 34.3 Å². The summed E-state index contributed by atoms with van der Waals surface area (Å²) in [6, 6.07) is 20.4. The Kier molecular flexibility index (Phi) is 5.89. The summed E-state index contributed by atoms with van der Waals surface area (Å²) < 4.78 is 1.85. The van der Waals surface area contributed by atoms with Crippen molar-refractivity contribution in [1.29, 1.82) is 0 Å². The Hall–Kier alpha value is -3.87. The fourth-order valence-corrected chi connectivity index (χ4v) is 3.30. The van der Waals surface area contributed by atoms with E-state index in [1.54, 1.807) is 13.2 Å². The van der Waals surface area contributed by atoms with Crippen LogP contribution in [0.15, 0.2) is 84.2 Å². The Bertz CT molecular complexity index is 1100. The van der Waals surface area contributed by atoms with Gasteiger partial charge in [0.15, 0.2) is 5.96 Å². The Balaban J connectivity index is 1.38. The molecule has 7 heteroatoms. The van der Waals surface area contributed by atoms with Gasteiger partial charge in [-0.1, -0.05) is 42.5 Å². The zero-order valence-corrected chi connectivity index (χ0v) is 17.2. The van der Waals surface area contributed by atoms with E-state index in [9.17, 15) is 0 Å². The van der Waals surface area contributed by atoms with Gasteiger partial charge in [0.1, 0.15) is 5.82 Å². The molecular weight excluding hydrogens is 374 g/mol. The molecule has 0 aliphatic carbocycles. The number of H-pyrrole nitrogens is 1. The topological polar surface area (TPSA) is 74.1 Å². The molecule has 0 radical (unpaired) electrons. The lowest BCUT2D eigenvalue weighted by molar-refractivity contribution is 0.464. The summed E-state index contributed by atoms with van der Waals surface area (Å²) in [7, 11) is 3.79. The van der Waals surface area contributed by atoms with Crippen molar-refractivity contribution >= 4 is 5.96 Å². The molecule has 0 amide bonds. The van der Waals surface area contributed by atoms with Gasteiger partial charge in [0.05, 0.1) is 24.1 Å². The van der Waals surface area contributed by atoms with Crippen LogP contribution in [0, 0.1) is 0 Å². The summed E-state index contributed by atoms with van der Waals surface area (Å²) in [6.45, 7) is 1.29. The molecule has 0 aliphatic rings. The van der Waals surface area contributed by atoms with Crippen molar-refractivity contribution in [3.8, 4) is 16.9 Å². The largest absolute Gasteiger partial charge is 0.352 e. The van der Waals surface area contributed by atoms with Gasteiger partial charge >= 0.3 is 0 Å². The van der Waals surface area contributed by atoms with Crippen molar-refractivity contribution in [3.05, 3.63) is 90.6 Å². The van der Waals surface area contributed by atoms with Gasteiger partial charge in [0.25, 0.3) is 0 Å². The Morgan fingerprint density at radius 2 is 2.00 bits per heavy atom. The van der Waals surface area contributed by atoms with E-state index < -0.39 is 0 Å². The van der Waals surface area contributed by atoms with Crippen molar-refractivity contribution in [3.63, 3.8) is 0 Å². The van der Waals surface area contributed by atoms with Crippen LogP contribution in [0.1, 0.15) is 11.4 Å². The van der Waals surface area contributed by atoms with Crippen molar-refractivity contribution in [2.24, 2.45) is 4.99 Å². The van der Waals surface area contributed by atoms with Crippen molar-refractivity contribution in [2.75, 3.05) is 14.1 Å². The van der Waals surface area contributed by atoms with Crippen LogP contribution in [0.5, 0.6) is 0 Å². The SMILES string of the molecule is CN=C(NCc1cccc(-n2cccn2)c1)N(C)Cc1ncc(-c2ccccc2)[nH]1. The maximum absolute atomic E-state index is 4.52. The maximum Gasteiger partial charge on any atom is 0.194 e. The molecule has 2 N–H and O–H groups in total. The van der Waals surface area contributed by atoms with E-state index in [1.807, 2.05) is 65.4 Å². The van der Waals surface area contributed by atoms with E-state index in [2.05, 4.69) is 49.6 Å². The number of guanidine groups is 1. The lowest BCUT2D eigenvalue weighted by Crippen LogP contribution is -2.38. The van der Waals surface area contributed by atoms with Crippen LogP contribution in [0.3, 0.4) is 0 Å². The van der Waals surface area contributed by atoms with E-state index in [4.69, 9.17) is 0 Å². The second kappa shape index (κ2) is 9.09. The van der Waals surface area contributed by atoms with Gasteiger partial charge in [-0.05, 0) is 29.3 Å². The van der Waals surface area contributed by atoms with Crippen LogP contribution < -0.4 is 5.32 Å². The predicted molar refractivity (Wildman–Crippen MR) is 119 cm³/mol. The van der Waals surface area contributed by atoms with Crippen molar-refractivity contribution in [2.45, 2.75) is 13.1 Å². The predicted octanol–water partition coefficient (Wildman–Crippen LogP) is 3.47. The van der Waals surface area contributed by atoms with Crippen LogP contribution in [0.25, 0.3) is 16.9 Å². The minimum absolute atomic E-state index is 0.625. The highest BCUT2D eigenvalue weighted by molar-refractivity contribution is 5.79. The molecule has 4 rings (SSSR count). The van der Waals surface area contributed by atoms with Crippen LogP contribution >= 0.6 is 0 Å². The van der Waals surface area contributed by atoms with Gasteiger partial charge in [0.2, 0.25) is 0 Å². The Morgan fingerprint density at radius 3 is 2.77 bits per heavy atom. The first-order valence-corrected chi connectivity index (χ1v) is 9.83. The third-order valence-electron chi connectivity index (χ3n) is 4.80. The molecule has 0 bridgehead atoms. The minimum Gasteiger partial charge on any atom is -0.352 e. The average Bonchev–Trinajstić information content (AvgIpc) is 3.48. The van der Waals surface area contributed by atoms with E-state index in [0.29, 0.717) is 13.1 Å². The quantitative estimate of drug-likeness (QED) is 0.385. The van der Waals surface area contributed by atoms with Gasteiger partial charge in [-0.15, -0.1) is 0 Å². The summed E-state index contributed by atoms with van der Waals surface area (Å²) in [4.78, 5) is 14.4. The maximum atomic E-state index is 4.52. The Morgan fingerprint density at radius 1 is 1.13 bits per heavy atom. The standard InChI is InChI=1S/C23H25N7/c1-24-23(26-15-18-8-6-11-20(14-18)30-13-7-12-27-30)29(2)17-22-25-16-21(28-22)19-9-4-3-5-10-19/h3-14,16H,15,17H2,1-2H3,(H,24,26)(H,25,28). The number of aromatic nitrogens is 4. The van der Waals surface area contributed by atoms with E-state index in [1.165, 1.54) is 0 Å². The number of rotatable bonds is 6. The number of nitrogens with one attached hydrogen (secondary N) is 2. The smallest absolute Gasteiger partial charge is 0.194 e. The van der Waals surface area contributed by atoms with Gasteiger partial charge < -0.3 is 15.2 Å².